The molecule has 0 aliphatic heterocycles. The normalized spacial score (nSPS) is 10.3. The second-order valence-electron chi connectivity index (χ2n) is 5.85. The highest BCUT2D eigenvalue weighted by Crippen LogP contribution is 2.20. The Balaban J connectivity index is 1.61. The van der Waals surface area contributed by atoms with Gasteiger partial charge >= 0.3 is 11.9 Å². The van der Waals surface area contributed by atoms with Crippen molar-refractivity contribution in [3.63, 3.8) is 0 Å². The van der Waals surface area contributed by atoms with Gasteiger partial charge in [0.1, 0.15) is 5.75 Å². The van der Waals surface area contributed by atoms with E-state index in [1.807, 2.05) is 0 Å². The first-order valence-electron chi connectivity index (χ1n) is 8.74. The van der Waals surface area contributed by atoms with Crippen molar-refractivity contribution in [1.82, 2.24) is 5.48 Å². The van der Waals surface area contributed by atoms with Crippen LogP contribution in [-0.4, -0.2) is 17.8 Å². The maximum absolute atomic E-state index is 12.2. The molecule has 6 heteroatoms. The summed E-state index contributed by atoms with van der Waals surface area (Å²) < 4.78 is 5.41. The van der Waals surface area contributed by atoms with Gasteiger partial charge in [0.15, 0.2) is 0 Å². The van der Waals surface area contributed by atoms with E-state index in [1.165, 1.54) is 12.2 Å². The highest BCUT2D eigenvalue weighted by atomic mass is 16.7. The zero-order valence-electron chi connectivity index (χ0n) is 15.3. The van der Waals surface area contributed by atoms with Gasteiger partial charge in [0, 0.05) is 11.6 Å². The van der Waals surface area contributed by atoms with Crippen LogP contribution in [0.25, 0.3) is 6.08 Å². The van der Waals surface area contributed by atoms with Gasteiger partial charge in [-0.1, -0.05) is 54.6 Å². The predicted molar refractivity (Wildman–Crippen MR) is 107 cm³/mol. The number of hydrogen-bond acceptors (Lipinski definition) is 5. The molecule has 3 rings (SSSR count). The van der Waals surface area contributed by atoms with E-state index in [2.05, 4.69) is 5.48 Å². The lowest BCUT2D eigenvalue weighted by Crippen LogP contribution is -2.25. The van der Waals surface area contributed by atoms with E-state index in [1.54, 1.807) is 84.9 Å². The number of benzene rings is 3. The van der Waals surface area contributed by atoms with Crippen LogP contribution >= 0.6 is 0 Å². The summed E-state index contributed by atoms with van der Waals surface area (Å²) in [6.07, 6.45) is 2.63. The van der Waals surface area contributed by atoms with Crippen LogP contribution in [0.3, 0.4) is 0 Å². The minimum atomic E-state index is -0.676. The van der Waals surface area contributed by atoms with Crippen molar-refractivity contribution < 1.29 is 24.0 Å². The summed E-state index contributed by atoms with van der Waals surface area (Å²) in [5.41, 5.74) is 3.30. The molecule has 0 unspecified atom stereocenters. The van der Waals surface area contributed by atoms with Gasteiger partial charge in [-0.15, -0.1) is 0 Å². The lowest BCUT2D eigenvalue weighted by atomic mass is 10.2. The molecule has 1 amide bonds. The molecule has 6 nitrogen and oxygen atoms in total. The van der Waals surface area contributed by atoms with Gasteiger partial charge < -0.3 is 9.57 Å². The molecule has 1 N–H and O–H groups in total. The molecule has 0 spiro atoms. The zero-order valence-corrected chi connectivity index (χ0v) is 15.3. The smallest absolute Gasteiger partial charge is 0.362 e. The van der Waals surface area contributed by atoms with Crippen LogP contribution < -0.4 is 10.2 Å². The standard InChI is InChI=1S/C23H17NO5/c25-21(24-29-23(27)19-12-5-2-6-13-19)16-15-17-9-7-8-14-20(17)28-22(26)18-10-3-1-4-11-18/h1-16H,(H,24,25)/b16-15+. The number of carbonyl (C=O) groups is 3. The maximum atomic E-state index is 12.2. The Morgan fingerprint density at radius 3 is 1.90 bits per heavy atom. The molecule has 0 bridgehead atoms. The molecule has 0 saturated carbocycles. The average molecular weight is 387 g/mol. The van der Waals surface area contributed by atoms with Crippen LogP contribution in [-0.2, 0) is 9.63 Å². The van der Waals surface area contributed by atoms with Crippen molar-refractivity contribution in [2.45, 2.75) is 0 Å². The SMILES string of the molecule is O=C(/C=C/c1ccccc1OC(=O)c1ccccc1)NOC(=O)c1ccccc1. The summed E-state index contributed by atoms with van der Waals surface area (Å²) in [5, 5.41) is 0. The van der Waals surface area contributed by atoms with Crippen molar-refractivity contribution >= 4 is 23.9 Å². The molecular formula is C23H17NO5. The van der Waals surface area contributed by atoms with Crippen molar-refractivity contribution in [2.24, 2.45) is 0 Å². The molecular weight excluding hydrogens is 370 g/mol. The first-order valence-corrected chi connectivity index (χ1v) is 8.74. The topological polar surface area (TPSA) is 81.7 Å². The summed E-state index contributed by atoms with van der Waals surface area (Å²) in [6, 6.07) is 23.6. The molecule has 0 saturated heterocycles. The van der Waals surface area contributed by atoms with Crippen molar-refractivity contribution in [1.29, 1.82) is 0 Å². The van der Waals surface area contributed by atoms with E-state index in [4.69, 9.17) is 9.57 Å². The Bertz CT molecular complexity index is 1030. The van der Waals surface area contributed by atoms with Crippen LogP contribution in [0.2, 0.25) is 0 Å². The Hall–Kier alpha value is -4.19. The number of nitrogens with one attached hydrogen (secondary N) is 1. The summed E-state index contributed by atoms with van der Waals surface area (Å²) in [6.45, 7) is 0. The number of esters is 1. The molecule has 0 fully saturated rings. The molecule has 3 aromatic carbocycles. The zero-order chi connectivity index (χ0) is 20.5. The van der Waals surface area contributed by atoms with Gasteiger partial charge in [-0.3, -0.25) is 4.79 Å². The Labute approximate surface area is 167 Å². The van der Waals surface area contributed by atoms with Crippen LogP contribution in [0.5, 0.6) is 5.75 Å². The molecule has 0 aliphatic carbocycles. The number of carbonyl (C=O) groups excluding carboxylic acids is 3. The van der Waals surface area contributed by atoms with Crippen LogP contribution in [0, 0.1) is 0 Å². The number of ether oxygens (including phenoxy) is 1. The minimum absolute atomic E-state index is 0.298. The third-order valence-corrected chi connectivity index (χ3v) is 3.80. The van der Waals surface area contributed by atoms with Gasteiger partial charge in [-0.25, -0.2) is 9.59 Å². The Kier molecular flexibility index (Phi) is 6.52. The fourth-order valence-corrected chi connectivity index (χ4v) is 2.37. The van der Waals surface area contributed by atoms with Crippen molar-refractivity contribution in [3.8, 4) is 5.75 Å². The van der Waals surface area contributed by atoms with Crippen molar-refractivity contribution in [2.75, 3.05) is 0 Å². The van der Waals surface area contributed by atoms with Crippen molar-refractivity contribution in [3.05, 3.63) is 108 Å². The first-order chi connectivity index (χ1) is 14.1. The summed E-state index contributed by atoms with van der Waals surface area (Å²) in [5.74, 6) is -1.53. The van der Waals surface area contributed by atoms with Gasteiger partial charge in [-0.05, 0) is 36.4 Å². The van der Waals surface area contributed by atoms with Gasteiger partial charge in [0.25, 0.3) is 5.91 Å². The quantitative estimate of drug-likeness (QED) is 0.312. The molecule has 0 aliphatic rings. The third-order valence-electron chi connectivity index (χ3n) is 3.80. The largest absolute Gasteiger partial charge is 0.422 e. The van der Waals surface area contributed by atoms with Gasteiger partial charge in [-0.2, -0.15) is 5.48 Å². The summed E-state index contributed by atoms with van der Waals surface area (Å²) >= 11 is 0. The highest BCUT2D eigenvalue weighted by Gasteiger charge is 2.11. The number of para-hydroxylation sites is 1. The van der Waals surface area contributed by atoms with E-state index in [0.29, 0.717) is 22.4 Å². The third kappa shape index (κ3) is 5.64. The summed E-state index contributed by atoms with van der Waals surface area (Å²) in [7, 11) is 0. The fourth-order valence-electron chi connectivity index (χ4n) is 2.37. The monoisotopic (exact) mass is 387 g/mol. The molecule has 144 valence electrons. The van der Waals surface area contributed by atoms with E-state index in [9.17, 15) is 14.4 Å². The lowest BCUT2D eigenvalue weighted by molar-refractivity contribution is -0.124. The number of hydroxylamine groups is 1. The fraction of sp³-hybridized carbons (Fsp3) is 0. The number of rotatable bonds is 5. The molecule has 3 aromatic rings. The van der Waals surface area contributed by atoms with E-state index >= 15 is 0 Å². The Morgan fingerprint density at radius 2 is 1.24 bits per heavy atom. The summed E-state index contributed by atoms with van der Waals surface area (Å²) in [4.78, 5) is 40.7. The lowest BCUT2D eigenvalue weighted by Gasteiger charge is -2.07. The van der Waals surface area contributed by atoms with Gasteiger partial charge in [0.05, 0.1) is 11.1 Å². The van der Waals surface area contributed by atoms with E-state index in [0.717, 1.165) is 0 Å². The van der Waals surface area contributed by atoms with Gasteiger partial charge in [0.2, 0.25) is 0 Å². The Morgan fingerprint density at radius 1 is 0.690 bits per heavy atom. The number of hydrogen-bond donors (Lipinski definition) is 1. The van der Waals surface area contributed by atoms with E-state index in [-0.39, 0.29) is 0 Å². The van der Waals surface area contributed by atoms with Crippen LogP contribution in [0.15, 0.2) is 91.0 Å². The maximum Gasteiger partial charge on any atom is 0.362 e. The molecule has 0 atom stereocenters. The molecule has 0 heterocycles. The van der Waals surface area contributed by atoms with Crippen LogP contribution in [0.1, 0.15) is 26.3 Å². The first kappa shape index (κ1) is 19.6. The second kappa shape index (κ2) is 9.66. The molecule has 0 radical (unpaired) electrons. The van der Waals surface area contributed by atoms with Crippen LogP contribution in [0.4, 0.5) is 0 Å². The average Bonchev–Trinajstić information content (AvgIpc) is 2.78. The molecule has 29 heavy (non-hydrogen) atoms. The number of amides is 1. The highest BCUT2D eigenvalue weighted by molar-refractivity contribution is 5.95. The van der Waals surface area contributed by atoms with E-state index < -0.39 is 17.8 Å². The minimum Gasteiger partial charge on any atom is -0.422 e. The second-order valence-corrected chi connectivity index (χ2v) is 5.85. The predicted octanol–water partition coefficient (Wildman–Crippen LogP) is 3.81. The molecule has 0 aromatic heterocycles.